The van der Waals surface area contributed by atoms with Crippen molar-refractivity contribution in [3.8, 4) is 0 Å². The molecular formula is C17H21F3N2O2S. The molecule has 1 aliphatic heterocycles. The molecule has 0 saturated carbocycles. The van der Waals surface area contributed by atoms with E-state index in [1.807, 2.05) is 0 Å². The average molecular weight is 374 g/mol. The van der Waals surface area contributed by atoms with E-state index >= 15 is 0 Å². The molecule has 2 rings (SSSR count). The minimum absolute atomic E-state index is 0.0284. The second kappa shape index (κ2) is 8.12. The highest BCUT2D eigenvalue weighted by atomic mass is 32.2. The fraction of sp³-hybridized carbons (Fsp3) is 0.529. The molecule has 1 saturated heterocycles. The number of hydrogen-bond donors (Lipinski definition) is 0. The Morgan fingerprint density at radius 1 is 1.32 bits per heavy atom. The summed E-state index contributed by atoms with van der Waals surface area (Å²) in [5.41, 5.74) is -0.0151. The van der Waals surface area contributed by atoms with E-state index in [-0.39, 0.29) is 17.2 Å². The monoisotopic (exact) mass is 374 g/mol. The fourth-order valence-electron chi connectivity index (χ4n) is 2.68. The van der Waals surface area contributed by atoms with E-state index in [0.29, 0.717) is 37.2 Å². The topological polar surface area (TPSA) is 40.6 Å². The van der Waals surface area contributed by atoms with Gasteiger partial charge in [-0.05, 0) is 24.1 Å². The van der Waals surface area contributed by atoms with Crippen molar-refractivity contribution >= 4 is 23.6 Å². The predicted molar refractivity (Wildman–Crippen MR) is 90.9 cm³/mol. The lowest BCUT2D eigenvalue weighted by molar-refractivity contribution is -0.137. The molecule has 8 heteroatoms. The summed E-state index contributed by atoms with van der Waals surface area (Å²) in [6.45, 7) is 2.81. The number of benzene rings is 1. The van der Waals surface area contributed by atoms with Crippen LogP contribution >= 0.6 is 11.8 Å². The Balaban J connectivity index is 2.00. The highest BCUT2D eigenvalue weighted by Gasteiger charge is 2.34. The zero-order valence-electron chi connectivity index (χ0n) is 14.2. The van der Waals surface area contributed by atoms with Crippen LogP contribution in [0.2, 0.25) is 0 Å². The van der Waals surface area contributed by atoms with Gasteiger partial charge in [-0.2, -0.15) is 13.2 Å². The molecule has 0 bridgehead atoms. The molecule has 0 aliphatic carbocycles. The number of thioether (sulfide) groups is 1. The van der Waals surface area contributed by atoms with Gasteiger partial charge in [0.05, 0.1) is 11.3 Å². The summed E-state index contributed by atoms with van der Waals surface area (Å²) in [4.78, 5) is 26.9. The van der Waals surface area contributed by atoms with Crippen molar-refractivity contribution in [2.45, 2.75) is 31.3 Å². The third-order valence-corrected chi connectivity index (χ3v) is 5.37. The standard InChI is InChI=1S/C17H21F3N2O2S/c1-3-14(23)21(2)9-4-10-22-15(24)11-25-16(22)12-5-7-13(8-6-12)17(18,19)20/h5-8,16H,3-4,9-11H2,1-2H3/t16-/m1/s1. The first-order valence-electron chi connectivity index (χ1n) is 8.06. The van der Waals surface area contributed by atoms with Crippen molar-refractivity contribution in [3.63, 3.8) is 0 Å². The number of rotatable bonds is 6. The van der Waals surface area contributed by atoms with Gasteiger partial charge in [-0.25, -0.2) is 0 Å². The molecule has 138 valence electrons. The lowest BCUT2D eigenvalue weighted by atomic mass is 10.1. The van der Waals surface area contributed by atoms with E-state index in [4.69, 9.17) is 0 Å². The second-order valence-corrected chi connectivity index (χ2v) is 6.96. The van der Waals surface area contributed by atoms with Crippen molar-refractivity contribution in [1.29, 1.82) is 0 Å². The molecule has 0 unspecified atom stereocenters. The van der Waals surface area contributed by atoms with Crippen LogP contribution in [0.15, 0.2) is 24.3 Å². The SMILES string of the molecule is CCC(=O)N(C)CCCN1C(=O)CS[C@@H]1c1ccc(C(F)(F)F)cc1. The van der Waals surface area contributed by atoms with Crippen LogP contribution in [-0.4, -0.2) is 47.5 Å². The Kier molecular flexibility index (Phi) is 6.37. The van der Waals surface area contributed by atoms with Gasteiger partial charge in [0.1, 0.15) is 5.37 Å². The first-order chi connectivity index (χ1) is 11.7. The van der Waals surface area contributed by atoms with E-state index in [1.165, 1.54) is 23.9 Å². The number of hydrogen-bond acceptors (Lipinski definition) is 3. The molecule has 2 amide bonds. The quantitative estimate of drug-likeness (QED) is 0.765. The third kappa shape index (κ3) is 4.90. The summed E-state index contributed by atoms with van der Waals surface area (Å²) in [5.74, 6) is 0.330. The van der Waals surface area contributed by atoms with Crippen molar-refractivity contribution in [2.24, 2.45) is 0 Å². The van der Waals surface area contributed by atoms with Gasteiger partial charge in [-0.3, -0.25) is 9.59 Å². The second-order valence-electron chi connectivity index (χ2n) is 5.89. The van der Waals surface area contributed by atoms with Crippen LogP contribution in [0, 0.1) is 0 Å². The third-order valence-electron chi connectivity index (χ3n) is 4.11. The van der Waals surface area contributed by atoms with E-state index in [0.717, 1.165) is 12.1 Å². The summed E-state index contributed by atoms with van der Waals surface area (Å²) in [7, 11) is 1.72. The molecule has 0 aromatic heterocycles. The maximum atomic E-state index is 12.7. The zero-order chi connectivity index (χ0) is 18.6. The minimum Gasteiger partial charge on any atom is -0.346 e. The summed E-state index contributed by atoms with van der Waals surface area (Å²) in [5, 5.41) is -0.276. The van der Waals surface area contributed by atoms with Gasteiger partial charge in [-0.1, -0.05) is 19.1 Å². The molecule has 1 atom stereocenters. The van der Waals surface area contributed by atoms with E-state index < -0.39 is 11.7 Å². The molecule has 0 N–H and O–H groups in total. The summed E-state index contributed by atoms with van der Waals surface area (Å²) in [6.07, 6.45) is -3.30. The highest BCUT2D eigenvalue weighted by molar-refractivity contribution is 8.00. The Labute approximate surface area is 149 Å². The Hall–Kier alpha value is -1.70. The van der Waals surface area contributed by atoms with Crippen LogP contribution in [0.4, 0.5) is 13.2 Å². The van der Waals surface area contributed by atoms with Gasteiger partial charge >= 0.3 is 6.18 Å². The maximum absolute atomic E-state index is 12.7. The van der Waals surface area contributed by atoms with Gasteiger partial charge in [0.2, 0.25) is 11.8 Å². The largest absolute Gasteiger partial charge is 0.416 e. The lowest BCUT2D eigenvalue weighted by Crippen LogP contribution is -2.33. The molecule has 0 radical (unpaired) electrons. The van der Waals surface area contributed by atoms with E-state index in [1.54, 1.807) is 23.8 Å². The minimum atomic E-state index is -4.37. The molecule has 0 spiro atoms. The Morgan fingerprint density at radius 3 is 2.52 bits per heavy atom. The van der Waals surface area contributed by atoms with Crippen LogP contribution in [0.1, 0.15) is 36.3 Å². The number of amides is 2. The van der Waals surface area contributed by atoms with Crippen LogP contribution in [0.3, 0.4) is 0 Å². The van der Waals surface area contributed by atoms with E-state index in [2.05, 4.69) is 0 Å². The van der Waals surface area contributed by atoms with Crippen LogP contribution in [0.25, 0.3) is 0 Å². The number of carbonyl (C=O) groups excluding carboxylic acids is 2. The molecule has 1 aromatic carbocycles. The van der Waals surface area contributed by atoms with Crippen molar-refractivity contribution in [2.75, 3.05) is 25.9 Å². The van der Waals surface area contributed by atoms with Gasteiger partial charge in [0.25, 0.3) is 0 Å². The summed E-state index contributed by atoms with van der Waals surface area (Å²) >= 11 is 1.41. The molecule has 4 nitrogen and oxygen atoms in total. The van der Waals surface area contributed by atoms with Crippen molar-refractivity contribution < 1.29 is 22.8 Å². The number of halogens is 3. The number of carbonyl (C=O) groups is 2. The van der Waals surface area contributed by atoms with Gasteiger partial charge in [0.15, 0.2) is 0 Å². The number of nitrogens with zero attached hydrogens (tertiary/aromatic N) is 2. The highest BCUT2D eigenvalue weighted by Crippen LogP contribution is 2.39. The van der Waals surface area contributed by atoms with Crippen LogP contribution < -0.4 is 0 Å². The predicted octanol–water partition coefficient (Wildman–Crippen LogP) is 3.54. The van der Waals surface area contributed by atoms with Crippen molar-refractivity contribution in [1.82, 2.24) is 9.80 Å². The summed E-state index contributed by atoms with van der Waals surface area (Å²) < 4.78 is 38.0. The first-order valence-corrected chi connectivity index (χ1v) is 9.11. The Morgan fingerprint density at radius 2 is 1.96 bits per heavy atom. The van der Waals surface area contributed by atoms with Crippen LogP contribution in [0.5, 0.6) is 0 Å². The van der Waals surface area contributed by atoms with Gasteiger partial charge in [0, 0.05) is 26.6 Å². The van der Waals surface area contributed by atoms with E-state index in [9.17, 15) is 22.8 Å². The summed E-state index contributed by atoms with van der Waals surface area (Å²) in [6, 6.07) is 4.95. The van der Waals surface area contributed by atoms with Gasteiger partial charge in [-0.15, -0.1) is 11.8 Å². The zero-order valence-corrected chi connectivity index (χ0v) is 15.0. The normalized spacial score (nSPS) is 17.9. The van der Waals surface area contributed by atoms with Crippen molar-refractivity contribution in [3.05, 3.63) is 35.4 Å². The number of alkyl halides is 3. The molecule has 1 aliphatic rings. The smallest absolute Gasteiger partial charge is 0.346 e. The maximum Gasteiger partial charge on any atom is 0.416 e. The molecular weight excluding hydrogens is 353 g/mol. The lowest BCUT2D eigenvalue weighted by Gasteiger charge is -2.25. The average Bonchev–Trinajstić information content (AvgIpc) is 2.94. The molecule has 1 heterocycles. The van der Waals surface area contributed by atoms with Gasteiger partial charge < -0.3 is 9.80 Å². The molecule has 1 aromatic rings. The Bertz CT molecular complexity index is 619. The first kappa shape index (κ1) is 19.6. The molecule has 1 fully saturated rings. The molecule has 25 heavy (non-hydrogen) atoms. The fourth-order valence-corrected chi connectivity index (χ4v) is 3.90. The van der Waals surface area contributed by atoms with Crippen LogP contribution in [-0.2, 0) is 15.8 Å².